The molecule has 0 aliphatic carbocycles. The van der Waals surface area contributed by atoms with Crippen LogP contribution in [0.1, 0.15) is 30.9 Å². The van der Waals surface area contributed by atoms with E-state index in [9.17, 15) is 4.79 Å². The minimum absolute atomic E-state index is 0.0504. The molecule has 3 nitrogen and oxygen atoms in total. The summed E-state index contributed by atoms with van der Waals surface area (Å²) in [6.45, 7) is 6.16. The largest absolute Gasteiger partial charge is 0.484 e. The van der Waals surface area contributed by atoms with Crippen molar-refractivity contribution in [2.24, 2.45) is 0 Å². The molecule has 0 heterocycles. The number of carbonyl (C=O) groups is 1. The van der Waals surface area contributed by atoms with Gasteiger partial charge in [0.1, 0.15) is 5.75 Å². The van der Waals surface area contributed by atoms with E-state index in [1.807, 2.05) is 43.3 Å². The monoisotopic (exact) mass is 317 g/mol. The van der Waals surface area contributed by atoms with Crippen molar-refractivity contribution in [2.45, 2.75) is 26.7 Å². The summed E-state index contributed by atoms with van der Waals surface area (Å²) in [5.74, 6) is 0.911. The SMILES string of the molecule is Cc1ccc(NC(=O)COc2ccc(C(C)C)cc2)c(Cl)c1. The van der Waals surface area contributed by atoms with Crippen molar-refractivity contribution in [1.29, 1.82) is 0 Å². The van der Waals surface area contributed by atoms with E-state index in [0.29, 0.717) is 22.4 Å². The number of rotatable bonds is 5. The first-order valence-corrected chi connectivity index (χ1v) is 7.62. The highest BCUT2D eigenvalue weighted by molar-refractivity contribution is 6.33. The Hall–Kier alpha value is -2.00. The summed E-state index contributed by atoms with van der Waals surface area (Å²) in [7, 11) is 0. The van der Waals surface area contributed by atoms with Gasteiger partial charge in [0.05, 0.1) is 10.7 Å². The minimum Gasteiger partial charge on any atom is -0.484 e. The maximum atomic E-state index is 11.9. The van der Waals surface area contributed by atoms with E-state index in [0.717, 1.165) is 5.56 Å². The number of carbonyl (C=O) groups excluding carboxylic acids is 1. The van der Waals surface area contributed by atoms with E-state index in [-0.39, 0.29) is 12.5 Å². The Morgan fingerprint density at radius 3 is 2.45 bits per heavy atom. The molecule has 22 heavy (non-hydrogen) atoms. The molecule has 0 aromatic heterocycles. The molecule has 2 rings (SSSR count). The van der Waals surface area contributed by atoms with Crippen LogP contribution in [0.3, 0.4) is 0 Å². The number of benzene rings is 2. The summed E-state index contributed by atoms with van der Waals surface area (Å²) in [4.78, 5) is 11.9. The molecule has 2 aromatic carbocycles. The summed E-state index contributed by atoms with van der Waals surface area (Å²) in [5.41, 5.74) is 2.88. The van der Waals surface area contributed by atoms with E-state index < -0.39 is 0 Å². The van der Waals surface area contributed by atoms with Gasteiger partial charge in [-0.25, -0.2) is 0 Å². The Morgan fingerprint density at radius 2 is 1.86 bits per heavy atom. The van der Waals surface area contributed by atoms with Gasteiger partial charge in [-0.3, -0.25) is 4.79 Å². The van der Waals surface area contributed by atoms with Gasteiger partial charge in [0.2, 0.25) is 0 Å². The summed E-state index contributed by atoms with van der Waals surface area (Å²) < 4.78 is 5.48. The third-order valence-electron chi connectivity index (χ3n) is 3.32. The van der Waals surface area contributed by atoms with E-state index in [4.69, 9.17) is 16.3 Å². The van der Waals surface area contributed by atoms with Gasteiger partial charge in [-0.2, -0.15) is 0 Å². The van der Waals surface area contributed by atoms with Crippen LogP contribution in [-0.2, 0) is 4.79 Å². The maximum Gasteiger partial charge on any atom is 0.262 e. The van der Waals surface area contributed by atoms with Gasteiger partial charge in [-0.05, 0) is 48.2 Å². The lowest BCUT2D eigenvalue weighted by atomic mass is 10.0. The average Bonchev–Trinajstić information content (AvgIpc) is 2.48. The van der Waals surface area contributed by atoms with Crippen molar-refractivity contribution in [3.05, 3.63) is 58.6 Å². The number of hydrogen-bond donors (Lipinski definition) is 1. The number of anilines is 1. The van der Waals surface area contributed by atoms with Crippen LogP contribution in [0.15, 0.2) is 42.5 Å². The van der Waals surface area contributed by atoms with Crippen LogP contribution >= 0.6 is 11.6 Å². The fraction of sp³-hybridized carbons (Fsp3) is 0.278. The van der Waals surface area contributed by atoms with Gasteiger partial charge in [0.25, 0.3) is 5.91 Å². The van der Waals surface area contributed by atoms with Crippen molar-refractivity contribution >= 4 is 23.2 Å². The van der Waals surface area contributed by atoms with Gasteiger partial charge in [-0.1, -0.05) is 43.6 Å². The molecule has 0 spiro atoms. The summed E-state index contributed by atoms with van der Waals surface area (Å²) >= 11 is 6.08. The summed E-state index contributed by atoms with van der Waals surface area (Å²) in [6.07, 6.45) is 0. The quantitative estimate of drug-likeness (QED) is 0.861. The minimum atomic E-state index is -0.237. The van der Waals surface area contributed by atoms with Crippen molar-refractivity contribution in [2.75, 3.05) is 11.9 Å². The number of amides is 1. The number of nitrogens with one attached hydrogen (secondary N) is 1. The van der Waals surface area contributed by atoms with Crippen LogP contribution in [0, 0.1) is 6.92 Å². The first-order chi connectivity index (χ1) is 10.5. The number of hydrogen-bond acceptors (Lipinski definition) is 2. The second-order valence-corrected chi connectivity index (χ2v) is 5.95. The zero-order valence-corrected chi connectivity index (χ0v) is 13.8. The maximum absolute atomic E-state index is 11.9. The first-order valence-electron chi connectivity index (χ1n) is 7.24. The third-order valence-corrected chi connectivity index (χ3v) is 3.63. The van der Waals surface area contributed by atoms with Crippen LogP contribution in [-0.4, -0.2) is 12.5 Å². The average molecular weight is 318 g/mol. The lowest BCUT2D eigenvalue weighted by Gasteiger charge is -2.10. The molecule has 0 radical (unpaired) electrons. The molecule has 0 atom stereocenters. The highest BCUT2D eigenvalue weighted by Gasteiger charge is 2.07. The topological polar surface area (TPSA) is 38.3 Å². The van der Waals surface area contributed by atoms with Crippen molar-refractivity contribution in [3.8, 4) is 5.75 Å². The predicted octanol–water partition coefficient (Wildman–Crippen LogP) is 4.79. The molecule has 116 valence electrons. The summed E-state index contributed by atoms with van der Waals surface area (Å²) in [6, 6.07) is 13.3. The zero-order valence-electron chi connectivity index (χ0n) is 13.0. The van der Waals surface area contributed by atoms with Crippen molar-refractivity contribution in [1.82, 2.24) is 0 Å². The standard InChI is InChI=1S/C18H20ClNO2/c1-12(2)14-5-7-15(8-6-14)22-11-18(21)20-17-9-4-13(3)10-16(17)19/h4-10,12H,11H2,1-3H3,(H,20,21). The Kier molecular flexibility index (Phi) is 5.45. The van der Waals surface area contributed by atoms with Crippen LogP contribution in [0.25, 0.3) is 0 Å². The molecule has 0 saturated carbocycles. The second-order valence-electron chi connectivity index (χ2n) is 5.54. The van der Waals surface area contributed by atoms with Crippen LogP contribution in [0.5, 0.6) is 5.75 Å². The summed E-state index contributed by atoms with van der Waals surface area (Å²) in [5, 5.41) is 3.26. The highest BCUT2D eigenvalue weighted by atomic mass is 35.5. The van der Waals surface area contributed by atoms with Crippen LogP contribution in [0.4, 0.5) is 5.69 Å². The zero-order chi connectivity index (χ0) is 16.1. The molecule has 0 fully saturated rings. The van der Waals surface area contributed by atoms with Gasteiger partial charge >= 0.3 is 0 Å². The lowest BCUT2D eigenvalue weighted by molar-refractivity contribution is -0.118. The molecule has 0 bridgehead atoms. The van der Waals surface area contributed by atoms with E-state index in [1.165, 1.54) is 5.56 Å². The third kappa shape index (κ3) is 4.50. The molecule has 0 aliphatic heterocycles. The lowest BCUT2D eigenvalue weighted by Crippen LogP contribution is -2.20. The van der Waals surface area contributed by atoms with Gasteiger partial charge in [0.15, 0.2) is 6.61 Å². The van der Waals surface area contributed by atoms with Crippen molar-refractivity contribution < 1.29 is 9.53 Å². The van der Waals surface area contributed by atoms with Gasteiger partial charge < -0.3 is 10.1 Å². The molecule has 1 N–H and O–H groups in total. The van der Waals surface area contributed by atoms with Crippen molar-refractivity contribution in [3.63, 3.8) is 0 Å². The number of aryl methyl sites for hydroxylation is 1. The normalized spacial score (nSPS) is 10.6. The van der Waals surface area contributed by atoms with E-state index >= 15 is 0 Å². The van der Waals surface area contributed by atoms with E-state index in [1.54, 1.807) is 6.07 Å². The van der Waals surface area contributed by atoms with Crippen LogP contribution < -0.4 is 10.1 Å². The van der Waals surface area contributed by atoms with Gasteiger partial charge in [-0.15, -0.1) is 0 Å². The Bertz CT molecular complexity index is 651. The van der Waals surface area contributed by atoms with Crippen LogP contribution in [0.2, 0.25) is 5.02 Å². The molecular weight excluding hydrogens is 298 g/mol. The number of halogens is 1. The molecule has 0 aliphatic rings. The number of ether oxygens (including phenoxy) is 1. The first kappa shape index (κ1) is 16.4. The smallest absolute Gasteiger partial charge is 0.262 e. The fourth-order valence-electron chi connectivity index (χ4n) is 2.01. The fourth-order valence-corrected chi connectivity index (χ4v) is 2.29. The molecule has 0 saturated heterocycles. The van der Waals surface area contributed by atoms with Gasteiger partial charge in [0, 0.05) is 0 Å². The molecular formula is C18H20ClNO2. The molecule has 2 aromatic rings. The second kappa shape index (κ2) is 7.32. The van der Waals surface area contributed by atoms with E-state index in [2.05, 4.69) is 19.2 Å². The predicted molar refractivity (Wildman–Crippen MR) is 90.8 cm³/mol. The molecule has 4 heteroatoms. The molecule has 0 unspecified atom stereocenters. The Morgan fingerprint density at radius 1 is 1.18 bits per heavy atom. The molecule has 1 amide bonds. The Balaban J connectivity index is 1.89. The Labute approximate surface area is 136 Å². The highest BCUT2D eigenvalue weighted by Crippen LogP contribution is 2.23.